The Kier molecular flexibility index (Phi) is 5.37. The highest BCUT2D eigenvalue weighted by Crippen LogP contribution is 2.33. The van der Waals surface area contributed by atoms with Gasteiger partial charge in [0.2, 0.25) is 0 Å². The second-order valence-electron chi connectivity index (χ2n) is 4.84. The third-order valence-corrected chi connectivity index (χ3v) is 4.21. The summed E-state index contributed by atoms with van der Waals surface area (Å²) < 4.78 is 0. The lowest BCUT2D eigenvalue weighted by Gasteiger charge is -2.23. The van der Waals surface area contributed by atoms with Crippen molar-refractivity contribution in [3.63, 3.8) is 0 Å². The number of halogens is 2. The minimum Gasteiger partial charge on any atom is -0.396 e. The van der Waals surface area contributed by atoms with Crippen LogP contribution < -0.4 is 5.73 Å². The van der Waals surface area contributed by atoms with Crippen LogP contribution in [0.15, 0.2) is 42.5 Å². The van der Waals surface area contributed by atoms with Crippen LogP contribution in [0.2, 0.25) is 10.0 Å². The Labute approximate surface area is 137 Å². The van der Waals surface area contributed by atoms with Gasteiger partial charge in [-0.1, -0.05) is 41.4 Å². The third-order valence-electron chi connectivity index (χ3n) is 3.47. The smallest absolute Gasteiger partial charge is 0.269 e. The zero-order chi connectivity index (χ0) is 16.3. The van der Waals surface area contributed by atoms with E-state index in [1.165, 1.54) is 12.1 Å². The molecule has 0 aliphatic carbocycles. The molecule has 0 bridgehead atoms. The molecule has 0 radical (unpaired) electrons. The van der Waals surface area contributed by atoms with Crippen molar-refractivity contribution in [2.45, 2.75) is 12.0 Å². The van der Waals surface area contributed by atoms with Crippen LogP contribution in [0.3, 0.4) is 0 Å². The van der Waals surface area contributed by atoms with E-state index in [-0.39, 0.29) is 12.3 Å². The van der Waals surface area contributed by atoms with Crippen molar-refractivity contribution in [2.24, 2.45) is 5.73 Å². The molecule has 7 heteroatoms. The summed E-state index contributed by atoms with van der Waals surface area (Å²) in [6.07, 6.45) is 0. The van der Waals surface area contributed by atoms with Gasteiger partial charge in [0.1, 0.15) is 0 Å². The van der Waals surface area contributed by atoms with E-state index in [1.807, 2.05) is 0 Å². The molecule has 0 aliphatic heterocycles. The van der Waals surface area contributed by atoms with Gasteiger partial charge in [-0.2, -0.15) is 0 Å². The average Bonchev–Trinajstić information content (AvgIpc) is 2.51. The van der Waals surface area contributed by atoms with Gasteiger partial charge in [-0.05, 0) is 23.3 Å². The van der Waals surface area contributed by atoms with Crippen molar-refractivity contribution in [1.82, 2.24) is 0 Å². The molecule has 2 atom stereocenters. The largest absolute Gasteiger partial charge is 0.396 e. The number of rotatable bonds is 5. The Morgan fingerprint density at radius 1 is 1.14 bits per heavy atom. The van der Waals surface area contributed by atoms with E-state index in [9.17, 15) is 15.2 Å². The summed E-state index contributed by atoms with van der Waals surface area (Å²) in [5.74, 6) is -0.447. The van der Waals surface area contributed by atoms with Gasteiger partial charge in [0.25, 0.3) is 5.69 Å². The second-order valence-corrected chi connectivity index (χ2v) is 5.65. The molecule has 2 rings (SSSR count). The van der Waals surface area contributed by atoms with Crippen LogP contribution >= 0.6 is 23.2 Å². The van der Waals surface area contributed by atoms with Crippen LogP contribution in [0, 0.1) is 10.1 Å². The lowest BCUT2D eigenvalue weighted by atomic mass is 9.88. The first-order chi connectivity index (χ1) is 10.4. The molecular weight excluding hydrogens is 327 g/mol. The molecule has 0 heterocycles. The first-order valence-electron chi connectivity index (χ1n) is 6.49. The van der Waals surface area contributed by atoms with Crippen LogP contribution in [0.25, 0.3) is 0 Å². The third kappa shape index (κ3) is 3.56. The molecule has 2 aromatic rings. The van der Waals surface area contributed by atoms with Crippen LogP contribution in [0.5, 0.6) is 0 Å². The lowest BCUT2D eigenvalue weighted by molar-refractivity contribution is -0.384. The van der Waals surface area contributed by atoms with E-state index in [4.69, 9.17) is 28.9 Å². The van der Waals surface area contributed by atoms with E-state index in [2.05, 4.69) is 0 Å². The minimum atomic E-state index is -0.609. The number of aliphatic hydroxyl groups is 1. The Hall–Kier alpha value is -1.66. The Morgan fingerprint density at radius 2 is 1.86 bits per heavy atom. The van der Waals surface area contributed by atoms with Gasteiger partial charge in [-0.15, -0.1) is 0 Å². The molecule has 3 N–H and O–H groups in total. The Morgan fingerprint density at radius 3 is 2.45 bits per heavy atom. The Bertz CT molecular complexity index is 694. The predicted octanol–water partition coefficient (Wildman–Crippen LogP) is 3.68. The lowest BCUT2D eigenvalue weighted by Crippen LogP contribution is -2.22. The summed E-state index contributed by atoms with van der Waals surface area (Å²) in [6, 6.07) is 10.4. The van der Waals surface area contributed by atoms with Gasteiger partial charge in [-0.25, -0.2) is 0 Å². The number of hydrogen-bond donors (Lipinski definition) is 2. The van der Waals surface area contributed by atoms with Gasteiger partial charge in [0.15, 0.2) is 0 Å². The van der Waals surface area contributed by atoms with Gasteiger partial charge >= 0.3 is 0 Å². The number of nitro benzene ring substituents is 1. The number of non-ortho nitro benzene ring substituents is 1. The fraction of sp³-hybridized carbons (Fsp3) is 0.200. The summed E-state index contributed by atoms with van der Waals surface area (Å²) in [5, 5.41) is 21.3. The van der Waals surface area contributed by atoms with Crippen molar-refractivity contribution in [2.75, 3.05) is 6.61 Å². The topological polar surface area (TPSA) is 89.4 Å². The van der Waals surface area contributed by atoms with E-state index < -0.39 is 16.9 Å². The van der Waals surface area contributed by atoms with Gasteiger partial charge in [0.05, 0.1) is 21.6 Å². The summed E-state index contributed by atoms with van der Waals surface area (Å²) in [7, 11) is 0. The molecule has 22 heavy (non-hydrogen) atoms. The van der Waals surface area contributed by atoms with Gasteiger partial charge in [-0.3, -0.25) is 10.1 Å². The fourth-order valence-corrected chi connectivity index (χ4v) is 2.55. The zero-order valence-electron chi connectivity index (χ0n) is 11.4. The SMILES string of the molecule is NC(c1cccc([N+](=O)[O-])c1)C(CO)c1ccc(Cl)c(Cl)c1. The molecule has 0 spiro atoms. The molecule has 0 fully saturated rings. The quantitative estimate of drug-likeness (QED) is 0.641. The Balaban J connectivity index is 2.36. The summed E-state index contributed by atoms with van der Waals surface area (Å²) in [6.45, 7) is -0.220. The highest BCUT2D eigenvalue weighted by atomic mass is 35.5. The molecule has 0 aliphatic rings. The van der Waals surface area contributed by atoms with E-state index in [1.54, 1.807) is 30.3 Å². The molecule has 0 amide bonds. The molecule has 5 nitrogen and oxygen atoms in total. The van der Waals surface area contributed by atoms with E-state index >= 15 is 0 Å². The second kappa shape index (κ2) is 7.07. The molecule has 0 saturated heterocycles. The molecule has 116 valence electrons. The summed E-state index contributed by atoms with van der Waals surface area (Å²) in [4.78, 5) is 10.4. The summed E-state index contributed by atoms with van der Waals surface area (Å²) >= 11 is 11.9. The van der Waals surface area contributed by atoms with Crippen LogP contribution in [-0.2, 0) is 0 Å². The highest BCUT2D eigenvalue weighted by Gasteiger charge is 2.23. The summed E-state index contributed by atoms with van der Waals surface area (Å²) in [5.41, 5.74) is 7.42. The highest BCUT2D eigenvalue weighted by molar-refractivity contribution is 6.42. The van der Waals surface area contributed by atoms with Crippen molar-refractivity contribution in [1.29, 1.82) is 0 Å². The van der Waals surface area contributed by atoms with Gasteiger partial charge in [0, 0.05) is 24.1 Å². The molecule has 0 saturated carbocycles. The number of nitrogens with two attached hydrogens (primary N) is 1. The van der Waals surface area contributed by atoms with Crippen LogP contribution in [0.4, 0.5) is 5.69 Å². The maximum absolute atomic E-state index is 10.9. The monoisotopic (exact) mass is 340 g/mol. The number of nitro groups is 1. The number of hydrogen-bond acceptors (Lipinski definition) is 4. The normalized spacial score (nSPS) is 13.6. The van der Waals surface area contributed by atoms with Crippen molar-refractivity contribution < 1.29 is 10.0 Å². The molecule has 2 unspecified atom stereocenters. The predicted molar refractivity (Wildman–Crippen MR) is 86.3 cm³/mol. The minimum absolute atomic E-state index is 0.0428. The number of aliphatic hydroxyl groups excluding tert-OH is 1. The first kappa shape index (κ1) is 16.7. The van der Waals surface area contributed by atoms with Crippen LogP contribution in [0.1, 0.15) is 23.1 Å². The van der Waals surface area contributed by atoms with E-state index in [0.717, 1.165) is 5.56 Å². The number of nitrogens with zero attached hydrogens (tertiary/aromatic N) is 1. The van der Waals surface area contributed by atoms with Crippen molar-refractivity contribution >= 4 is 28.9 Å². The maximum Gasteiger partial charge on any atom is 0.269 e. The van der Waals surface area contributed by atoms with Crippen molar-refractivity contribution in [3.8, 4) is 0 Å². The maximum atomic E-state index is 10.9. The van der Waals surface area contributed by atoms with E-state index in [0.29, 0.717) is 15.6 Å². The molecule has 2 aromatic carbocycles. The average molecular weight is 341 g/mol. The van der Waals surface area contributed by atoms with Crippen LogP contribution in [-0.4, -0.2) is 16.6 Å². The molecule has 0 aromatic heterocycles. The molecular formula is C15H14Cl2N2O3. The standard InChI is InChI=1S/C15H14Cl2N2O3/c16-13-5-4-9(7-14(13)17)12(8-20)15(18)10-2-1-3-11(6-10)19(21)22/h1-7,12,15,20H,8,18H2. The zero-order valence-corrected chi connectivity index (χ0v) is 13.0. The van der Waals surface area contributed by atoms with Crippen molar-refractivity contribution in [3.05, 3.63) is 73.8 Å². The number of benzene rings is 2. The fourth-order valence-electron chi connectivity index (χ4n) is 2.25. The first-order valence-corrected chi connectivity index (χ1v) is 7.25. The van der Waals surface area contributed by atoms with Gasteiger partial charge < -0.3 is 10.8 Å².